The topological polar surface area (TPSA) is 24.4 Å². The lowest BCUT2D eigenvalue weighted by Crippen LogP contribution is -2.00. The van der Waals surface area contributed by atoms with Gasteiger partial charge >= 0.3 is 0 Å². The van der Waals surface area contributed by atoms with E-state index < -0.39 is 0 Å². The number of nitrogens with zero attached hydrogens (tertiary/aromatic N) is 1. The van der Waals surface area contributed by atoms with E-state index in [4.69, 9.17) is 46.4 Å². The van der Waals surface area contributed by atoms with Gasteiger partial charge in [0.1, 0.15) is 0 Å². The summed E-state index contributed by atoms with van der Waals surface area (Å²) in [5.74, 6) is 0. The summed E-state index contributed by atoms with van der Waals surface area (Å²) in [7, 11) is 0. The summed E-state index contributed by atoms with van der Waals surface area (Å²) in [5, 5.41) is 6.63. The minimum atomic E-state index is 0.493. The Hall–Kier alpha value is -1.19. The van der Waals surface area contributed by atoms with E-state index >= 15 is 0 Å². The van der Waals surface area contributed by atoms with Gasteiger partial charge in [0.15, 0.2) is 0 Å². The number of hydrogen-bond acceptors (Lipinski definition) is 2. The van der Waals surface area contributed by atoms with Crippen molar-refractivity contribution < 1.29 is 0 Å². The summed E-state index contributed by atoms with van der Waals surface area (Å²) in [6.45, 7) is 2.20. The molecular weight excluding hydrogens is 422 g/mol. The Kier molecular flexibility index (Phi) is 9.50. The first kappa shape index (κ1) is 22.1. The van der Waals surface area contributed by atoms with Gasteiger partial charge in [0.25, 0.3) is 0 Å². The van der Waals surface area contributed by atoms with Crippen molar-refractivity contribution in [1.29, 1.82) is 0 Å². The van der Waals surface area contributed by atoms with Crippen LogP contribution in [0.3, 0.4) is 0 Å². The van der Waals surface area contributed by atoms with E-state index in [0.29, 0.717) is 20.1 Å². The highest BCUT2D eigenvalue weighted by molar-refractivity contribution is 6.42. The number of halogens is 4. The lowest BCUT2D eigenvalue weighted by molar-refractivity contribution is 0.683. The summed E-state index contributed by atoms with van der Waals surface area (Å²) in [5.41, 5.74) is 5.77. The Bertz CT molecular complexity index is 816. The van der Waals surface area contributed by atoms with Gasteiger partial charge in [-0.1, -0.05) is 84.7 Å². The lowest BCUT2D eigenvalue weighted by atomic mass is 10.1. The van der Waals surface area contributed by atoms with Crippen LogP contribution < -0.4 is 5.43 Å². The molecule has 27 heavy (non-hydrogen) atoms. The smallest absolute Gasteiger partial charge is 0.0613 e. The molecule has 2 rings (SSSR count). The number of rotatable bonds is 9. The Morgan fingerprint density at radius 2 is 1.59 bits per heavy atom. The summed E-state index contributed by atoms with van der Waals surface area (Å²) in [4.78, 5) is 0. The average molecular weight is 444 g/mol. The summed E-state index contributed by atoms with van der Waals surface area (Å²) < 4.78 is 0. The van der Waals surface area contributed by atoms with E-state index in [9.17, 15) is 0 Å². The molecule has 0 atom stereocenters. The van der Waals surface area contributed by atoms with Gasteiger partial charge in [0, 0.05) is 0 Å². The second-order valence-electron chi connectivity index (χ2n) is 6.16. The third-order valence-electron chi connectivity index (χ3n) is 3.95. The highest BCUT2D eigenvalue weighted by atomic mass is 35.5. The first-order valence-corrected chi connectivity index (χ1v) is 10.4. The minimum Gasteiger partial charge on any atom is -0.278 e. The zero-order chi connectivity index (χ0) is 19.6. The number of allylic oxidation sites excluding steroid dienone is 1. The summed E-state index contributed by atoms with van der Waals surface area (Å²) in [6, 6.07) is 10.9. The van der Waals surface area contributed by atoms with Crippen molar-refractivity contribution in [1.82, 2.24) is 0 Å². The van der Waals surface area contributed by atoms with Gasteiger partial charge in [-0.3, -0.25) is 5.43 Å². The minimum absolute atomic E-state index is 0.493. The van der Waals surface area contributed by atoms with Crippen LogP contribution in [0.4, 0.5) is 5.69 Å². The SMILES string of the molecule is CCCCCCC(C=Cc1ccc(Cl)c(Cl)c1)=NNc1ccc(Cl)c(Cl)c1. The fourth-order valence-corrected chi connectivity index (χ4v) is 3.02. The van der Waals surface area contributed by atoms with Crippen molar-refractivity contribution in [2.45, 2.75) is 39.0 Å². The molecule has 0 aliphatic carbocycles. The molecule has 1 N–H and O–H groups in total. The molecule has 144 valence electrons. The number of benzene rings is 2. The molecule has 2 aromatic carbocycles. The number of nitrogens with one attached hydrogen (secondary N) is 1. The molecule has 2 aromatic rings. The van der Waals surface area contributed by atoms with Crippen LogP contribution in [0, 0.1) is 0 Å². The number of unbranched alkanes of at least 4 members (excludes halogenated alkanes) is 3. The van der Waals surface area contributed by atoms with E-state index in [-0.39, 0.29) is 0 Å². The van der Waals surface area contributed by atoms with E-state index in [2.05, 4.69) is 17.5 Å². The maximum Gasteiger partial charge on any atom is 0.0613 e. The van der Waals surface area contributed by atoms with Crippen LogP contribution in [0.25, 0.3) is 6.08 Å². The quantitative estimate of drug-likeness (QED) is 0.233. The highest BCUT2D eigenvalue weighted by Gasteiger charge is 2.01. The first-order chi connectivity index (χ1) is 13.0. The zero-order valence-electron chi connectivity index (χ0n) is 15.1. The van der Waals surface area contributed by atoms with Gasteiger partial charge in [-0.05, 0) is 54.8 Å². The largest absolute Gasteiger partial charge is 0.278 e. The highest BCUT2D eigenvalue weighted by Crippen LogP contribution is 2.25. The molecule has 0 aliphatic rings. The Morgan fingerprint density at radius 3 is 2.26 bits per heavy atom. The monoisotopic (exact) mass is 442 g/mol. The molecule has 0 aliphatic heterocycles. The Balaban J connectivity index is 2.12. The zero-order valence-corrected chi connectivity index (χ0v) is 18.1. The third kappa shape index (κ3) is 7.75. The van der Waals surface area contributed by atoms with Gasteiger partial charge in [-0.25, -0.2) is 0 Å². The van der Waals surface area contributed by atoms with Crippen LogP contribution in [0.5, 0.6) is 0 Å². The van der Waals surface area contributed by atoms with E-state index in [1.807, 2.05) is 30.4 Å². The molecule has 0 heterocycles. The van der Waals surface area contributed by atoms with Crippen molar-refractivity contribution in [2.75, 3.05) is 5.43 Å². The molecule has 2 nitrogen and oxygen atoms in total. The first-order valence-electron chi connectivity index (χ1n) is 8.90. The molecular formula is C21H22Cl4N2. The fourth-order valence-electron chi connectivity index (χ4n) is 2.42. The maximum atomic E-state index is 6.08. The molecule has 0 spiro atoms. The van der Waals surface area contributed by atoms with Crippen molar-refractivity contribution in [3.05, 3.63) is 68.1 Å². The van der Waals surface area contributed by atoms with Gasteiger partial charge in [-0.15, -0.1) is 0 Å². The molecule has 0 aromatic heterocycles. The van der Waals surface area contributed by atoms with Gasteiger partial charge in [0.2, 0.25) is 0 Å². The predicted molar refractivity (Wildman–Crippen MR) is 122 cm³/mol. The molecule has 0 fully saturated rings. The second kappa shape index (κ2) is 11.6. The van der Waals surface area contributed by atoms with Gasteiger partial charge in [-0.2, -0.15) is 5.10 Å². The Labute approximate surface area is 181 Å². The fraction of sp³-hybridized carbons (Fsp3) is 0.286. The van der Waals surface area contributed by atoms with Crippen LogP contribution in [-0.2, 0) is 0 Å². The van der Waals surface area contributed by atoms with Crippen LogP contribution in [0.15, 0.2) is 47.6 Å². The molecule has 0 saturated carbocycles. The molecule has 0 saturated heterocycles. The van der Waals surface area contributed by atoms with E-state index in [1.165, 1.54) is 19.3 Å². The molecule has 0 bridgehead atoms. The molecule has 0 radical (unpaired) electrons. The van der Waals surface area contributed by atoms with Crippen molar-refractivity contribution in [3.8, 4) is 0 Å². The van der Waals surface area contributed by atoms with Crippen molar-refractivity contribution in [2.24, 2.45) is 5.10 Å². The van der Waals surface area contributed by atoms with Crippen LogP contribution in [0.1, 0.15) is 44.6 Å². The third-order valence-corrected chi connectivity index (χ3v) is 5.42. The van der Waals surface area contributed by atoms with Crippen LogP contribution in [0.2, 0.25) is 20.1 Å². The van der Waals surface area contributed by atoms with Crippen molar-refractivity contribution >= 4 is 63.9 Å². The van der Waals surface area contributed by atoms with Crippen LogP contribution in [-0.4, -0.2) is 5.71 Å². The normalized spacial score (nSPS) is 12.0. The summed E-state index contributed by atoms with van der Waals surface area (Å²) in [6.07, 6.45) is 9.56. The van der Waals surface area contributed by atoms with E-state index in [0.717, 1.165) is 29.8 Å². The van der Waals surface area contributed by atoms with E-state index in [1.54, 1.807) is 18.2 Å². The molecule has 6 heteroatoms. The Morgan fingerprint density at radius 1 is 0.889 bits per heavy atom. The molecule has 0 amide bonds. The maximum absolute atomic E-state index is 6.08. The number of hydrogen-bond donors (Lipinski definition) is 1. The van der Waals surface area contributed by atoms with Gasteiger partial charge in [0.05, 0.1) is 31.5 Å². The lowest BCUT2D eigenvalue weighted by Gasteiger charge is -2.06. The second-order valence-corrected chi connectivity index (χ2v) is 7.79. The van der Waals surface area contributed by atoms with Crippen molar-refractivity contribution in [3.63, 3.8) is 0 Å². The van der Waals surface area contributed by atoms with Crippen LogP contribution >= 0.6 is 46.4 Å². The predicted octanol–water partition coefficient (Wildman–Crippen LogP) is 8.75. The van der Waals surface area contributed by atoms with Gasteiger partial charge < -0.3 is 0 Å². The molecule has 0 unspecified atom stereocenters. The number of anilines is 1. The average Bonchev–Trinajstić information content (AvgIpc) is 2.65. The standard InChI is InChI=1S/C21H22Cl4N2/c1-2-3-4-5-6-16(9-7-15-8-11-18(22)20(24)13-15)26-27-17-10-12-19(23)21(25)14-17/h7-14,27H,2-6H2,1H3. The number of hydrazone groups is 1. The summed E-state index contributed by atoms with van der Waals surface area (Å²) >= 11 is 24.1.